The first kappa shape index (κ1) is 22.6. The summed E-state index contributed by atoms with van der Waals surface area (Å²) in [5.74, 6) is 2.07. The molecule has 0 fully saturated rings. The van der Waals surface area contributed by atoms with Gasteiger partial charge in [0.05, 0.1) is 39.0 Å². The SMILES string of the molecule is COc1cc(CC(=O)Nc2cc(C(C)(C)C)nn2C(C)(C)C)cc(OC)c1OC. The van der Waals surface area contributed by atoms with E-state index in [0.717, 1.165) is 11.3 Å². The van der Waals surface area contributed by atoms with Gasteiger partial charge in [-0.3, -0.25) is 4.79 Å². The summed E-state index contributed by atoms with van der Waals surface area (Å²) in [4.78, 5) is 12.8. The first-order chi connectivity index (χ1) is 13.4. The molecular weight excluding hydrogens is 370 g/mol. The second-order valence-electron chi connectivity index (χ2n) is 9.01. The average molecular weight is 404 g/mol. The van der Waals surface area contributed by atoms with E-state index in [1.54, 1.807) is 33.5 Å². The van der Waals surface area contributed by atoms with Crippen LogP contribution in [0.3, 0.4) is 0 Å². The monoisotopic (exact) mass is 403 g/mol. The van der Waals surface area contributed by atoms with Crippen LogP contribution in [0, 0.1) is 0 Å². The van der Waals surface area contributed by atoms with Crippen molar-refractivity contribution in [3.63, 3.8) is 0 Å². The van der Waals surface area contributed by atoms with E-state index in [1.807, 2.05) is 10.7 Å². The van der Waals surface area contributed by atoms with E-state index in [2.05, 4.69) is 46.9 Å². The van der Waals surface area contributed by atoms with Crippen LogP contribution in [-0.2, 0) is 22.2 Å². The lowest BCUT2D eigenvalue weighted by molar-refractivity contribution is -0.115. The van der Waals surface area contributed by atoms with Crippen molar-refractivity contribution in [3.05, 3.63) is 29.5 Å². The zero-order chi connectivity index (χ0) is 22.0. The number of nitrogens with one attached hydrogen (secondary N) is 1. The molecule has 7 heteroatoms. The smallest absolute Gasteiger partial charge is 0.229 e. The Balaban J connectivity index is 2.31. The summed E-state index contributed by atoms with van der Waals surface area (Å²) in [6, 6.07) is 5.50. The number of methoxy groups -OCH3 is 3. The highest BCUT2D eigenvalue weighted by Gasteiger charge is 2.26. The van der Waals surface area contributed by atoms with Gasteiger partial charge in [-0.2, -0.15) is 5.10 Å². The molecule has 0 saturated carbocycles. The Morgan fingerprint density at radius 2 is 1.52 bits per heavy atom. The molecule has 1 aromatic heterocycles. The summed E-state index contributed by atoms with van der Waals surface area (Å²) >= 11 is 0. The van der Waals surface area contributed by atoms with Crippen molar-refractivity contribution in [2.24, 2.45) is 0 Å². The summed E-state index contributed by atoms with van der Waals surface area (Å²) in [5, 5.41) is 7.75. The number of nitrogens with zero attached hydrogens (tertiary/aromatic N) is 2. The Labute approximate surface area is 173 Å². The summed E-state index contributed by atoms with van der Waals surface area (Å²) in [6.45, 7) is 12.5. The normalized spacial score (nSPS) is 11.9. The Kier molecular flexibility index (Phi) is 6.50. The Morgan fingerprint density at radius 1 is 0.966 bits per heavy atom. The number of rotatable bonds is 6. The minimum Gasteiger partial charge on any atom is -0.493 e. The number of aromatic nitrogens is 2. The fraction of sp³-hybridized carbons (Fsp3) is 0.545. The predicted molar refractivity (Wildman–Crippen MR) is 114 cm³/mol. The molecule has 0 aliphatic heterocycles. The Morgan fingerprint density at radius 3 is 1.93 bits per heavy atom. The first-order valence-electron chi connectivity index (χ1n) is 9.60. The maximum atomic E-state index is 12.8. The lowest BCUT2D eigenvalue weighted by Crippen LogP contribution is -2.27. The standard InChI is InChI=1S/C22H33N3O4/c1-21(2,3)17-13-18(25(24-17)22(4,5)6)23-19(26)12-14-10-15(27-7)20(29-9)16(11-14)28-8/h10-11,13H,12H2,1-9H3,(H,23,26). The number of ether oxygens (including phenoxy) is 3. The minimum absolute atomic E-state index is 0.118. The maximum Gasteiger partial charge on any atom is 0.229 e. The quantitative estimate of drug-likeness (QED) is 0.784. The molecule has 2 rings (SSSR count). The number of benzene rings is 1. The summed E-state index contributed by atoms with van der Waals surface area (Å²) < 4.78 is 17.9. The van der Waals surface area contributed by atoms with Gasteiger partial charge in [-0.25, -0.2) is 4.68 Å². The molecule has 1 aromatic carbocycles. The molecular formula is C22H33N3O4. The van der Waals surface area contributed by atoms with Crippen LogP contribution in [-0.4, -0.2) is 37.0 Å². The van der Waals surface area contributed by atoms with Crippen molar-refractivity contribution >= 4 is 11.7 Å². The van der Waals surface area contributed by atoms with Crippen LogP contribution in [0.25, 0.3) is 0 Å². The van der Waals surface area contributed by atoms with E-state index in [4.69, 9.17) is 19.3 Å². The van der Waals surface area contributed by atoms with Gasteiger partial charge in [0.15, 0.2) is 11.5 Å². The highest BCUT2D eigenvalue weighted by Crippen LogP contribution is 2.38. The molecule has 0 atom stereocenters. The fourth-order valence-corrected chi connectivity index (χ4v) is 2.96. The lowest BCUT2D eigenvalue weighted by atomic mass is 9.92. The minimum atomic E-state index is -0.265. The fourth-order valence-electron chi connectivity index (χ4n) is 2.96. The van der Waals surface area contributed by atoms with Gasteiger partial charge >= 0.3 is 0 Å². The van der Waals surface area contributed by atoms with E-state index >= 15 is 0 Å². The number of hydrogen-bond donors (Lipinski definition) is 1. The van der Waals surface area contributed by atoms with Crippen molar-refractivity contribution in [3.8, 4) is 17.2 Å². The molecule has 0 aliphatic carbocycles. The van der Waals surface area contributed by atoms with Crippen LogP contribution < -0.4 is 19.5 Å². The number of amides is 1. The van der Waals surface area contributed by atoms with Crippen molar-refractivity contribution in [1.29, 1.82) is 0 Å². The number of hydrogen-bond acceptors (Lipinski definition) is 5. The second-order valence-corrected chi connectivity index (χ2v) is 9.01. The van der Waals surface area contributed by atoms with E-state index < -0.39 is 0 Å². The first-order valence-corrected chi connectivity index (χ1v) is 9.60. The maximum absolute atomic E-state index is 12.8. The van der Waals surface area contributed by atoms with Gasteiger partial charge in [0.2, 0.25) is 11.7 Å². The molecule has 0 spiro atoms. The second kappa shape index (κ2) is 8.35. The molecule has 29 heavy (non-hydrogen) atoms. The van der Waals surface area contributed by atoms with Gasteiger partial charge in [-0.15, -0.1) is 0 Å². The highest BCUT2D eigenvalue weighted by molar-refractivity contribution is 5.91. The van der Waals surface area contributed by atoms with Gasteiger partial charge in [0.1, 0.15) is 5.82 Å². The molecule has 160 valence electrons. The van der Waals surface area contributed by atoms with Crippen molar-refractivity contribution < 1.29 is 19.0 Å². The molecule has 1 amide bonds. The highest BCUT2D eigenvalue weighted by atomic mass is 16.5. The molecule has 1 N–H and O–H groups in total. The molecule has 0 unspecified atom stereocenters. The average Bonchev–Trinajstić information content (AvgIpc) is 3.05. The third-order valence-corrected chi connectivity index (χ3v) is 4.47. The van der Waals surface area contributed by atoms with Crippen LogP contribution >= 0.6 is 0 Å². The van der Waals surface area contributed by atoms with Gasteiger partial charge in [-0.05, 0) is 38.5 Å². The molecule has 0 bridgehead atoms. The van der Waals surface area contributed by atoms with Gasteiger partial charge in [0.25, 0.3) is 0 Å². The van der Waals surface area contributed by atoms with Crippen LogP contribution in [0.15, 0.2) is 18.2 Å². The number of anilines is 1. The molecule has 1 heterocycles. The molecule has 7 nitrogen and oxygen atoms in total. The van der Waals surface area contributed by atoms with Crippen molar-refractivity contribution in [2.45, 2.75) is 58.9 Å². The van der Waals surface area contributed by atoms with E-state index in [1.165, 1.54) is 0 Å². The van der Waals surface area contributed by atoms with Crippen molar-refractivity contribution in [2.75, 3.05) is 26.6 Å². The van der Waals surface area contributed by atoms with E-state index in [9.17, 15) is 4.79 Å². The zero-order valence-electron chi connectivity index (χ0n) is 19.0. The van der Waals surface area contributed by atoms with E-state index in [-0.39, 0.29) is 23.3 Å². The molecule has 2 aromatic rings. The van der Waals surface area contributed by atoms with Crippen LogP contribution in [0.5, 0.6) is 17.2 Å². The Bertz CT molecular complexity index is 848. The van der Waals surface area contributed by atoms with Crippen LogP contribution in [0.1, 0.15) is 52.8 Å². The van der Waals surface area contributed by atoms with Crippen LogP contribution in [0.2, 0.25) is 0 Å². The van der Waals surface area contributed by atoms with Crippen molar-refractivity contribution in [1.82, 2.24) is 9.78 Å². The van der Waals surface area contributed by atoms with Gasteiger partial charge in [-0.1, -0.05) is 20.8 Å². The number of carbonyl (C=O) groups excluding carboxylic acids is 1. The lowest BCUT2D eigenvalue weighted by Gasteiger charge is -2.23. The summed E-state index contributed by atoms with van der Waals surface area (Å²) in [7, 11) is 4.65. The van der Waals surface area contributed by atoms with E-state index in [0.29, 0.717) is 23.1 Å². The zero-order valence-corrected chi connectivity index (χ0v) is 19.0. The Hall–Kier alpha value is -2.70. The number of carbonyl (C=O) groups is 1. The summed E-state index contributed by atoms with van der Waals surface area (Å²) in [5.41, 5.74) is 1.30. The third-order valence-electron chi connectivity index (χ3n) is 4.47. The van der Waals surface area contributed by atoms with Gasteiger partial charge in [0, 0.05) is 11.5 Å². The van der Waals surface area contributed by atoms with Crippen LogP contribution in [0.4, 0.5) is 5.82 Å². The predicted octanol–water partition coefficient (Wildman–Crippen LogP) is 4.14. The molecule has 0 saturated heterocycles. The largest absolute Gasteiger partial charge is 0.493 e. The summed E-state index contributed by atoms with van der Waals surface area (Å²) in [6.07, 6.45) is 0.164. The van der Waals surface area contributed by atoms with Gasteiger partial charge < -0.3 is 19.5 Å². The molecule has 0 aliphatic rings. The topological polar surface area (TPSA) is 74.6 Å². The molecule has 0 radical (unpaired) electrons. The third kappa shape index (κ3) is 5.22.